The van der Waals surface area contributed by atoms with Crippen molar-refractivity contribution >= 4 is 5.97 Å². The zero-order valence-electron chi connectivity index (χ0n) is 6.46. The molecule has 1 aliphatic rings. The molecule has 0 N–H and O–H groups in total. The van der Waals surface area contributed by atoms with E-state index in [2.05, 4.69) is 18.8 Å². The minimum absolute atomic E-state index is 0.291. The highest BCUT2D eigenvalue weighted by atomic mass is 16.5. The fourth-order valence-electron chi connectivity index (χ4n) is 0.745. The van der Waals surface area contributed by atoms with E-state index < -0.39 is 0 Å². The van der Waals surface area contributed by atoms with Gasteiger partial charge in [0.2, 0.25) is 0 Å². The fourth-order valence-corrected chi connectivity index (χ4v) is 0.745. The van der Waals surface area contributed by atoms with Crippen molar-refractivity contribution in [3.63, 3.8) is 0 Å². The molecule has 0 spiro atoms. The van der Waals surface area contributed by atoms with Crippen LogP contribution in [0, 0.1) is 11.8 Å². The molecule has 1 unspecified atom stereocenters. The number of hydrogen-bond donors (Lipinski definition) is 0. The number of hydrogen-bond acceptors (Lipinski definition) is 2. The molecule has 1 heterocycles. The standard InChI is InChI=1S/C9H10O2/c1-2-3-4-5-8-6-7-9(10)11-8/h6-8H,2-3H2,1H3. The molecule has 2 heteroatoms. The van der Waals surface area contributed by atoms with Gasteiger partial charge in [-0.25, -0.2) is 4.79 Å². The first-order valence-corrected chi connectivity index (χ1v) is 3.70. The largest absolute Gasteiger partial charge is 0.442 e. The van der Waals surface area contributed by atoms with Gasteiger partial charge in [-0.1, -0.05) is 18.8 Å². The van der Waals surface area contributed by atoms with Crippen molar-refractivity contribution in [2.24, 2.45) is 0 Å². The van der Waals surface area contributed by atoms with Gasteiger partial charge in [0.1, 0.15) is 0 Å². The minimum Gasteiger partial charge on any atom is -0.442 e. The molecule has 0 aromatic rings. The van der Waals surface area contributed by atoms with Crippen molar-refractivity contribution in [1.29, 1.82) is 0 Å². The topological polar surface area (TPSA) is 26.3 Å². The molecule has 0 saturated heterocycles. The van der Waals surface area contributed by atoms with Crippen LogP contribution in [0.15, 0.2) is 12.2 Å². The van der Waals surface area contributed by atoms with Gasteiger partial charge in [-0.05, 0) is 12.5 Å². The van der Waals surface area contributed by atoms with Crippen LogP contribution in [0.25, 0.3) is 0 Å². The maximum atomic E-state index is 10.5. The summed E-state index contributed by atoms with van der Waals surface area (Å²) in [5.74, 6) is 5.46. The molecule has 0 amide bonds. The lowest BCUT2D eigenvalue weighted by molar-refractivity contribution is -0.136. The number of unbranched alkanes of at least 4 members (excludes halogenated alkanes) is 1. The first-order valence-electron chi connectivity index (χ1n) is 3.70. The molecular formula is C9H10O2. The number of esters is 1. The maximum absolute atomic E-state index is 10.5. The van der Waals surface area contributed by atoms with E-state index in [1.165, 1.54) is 6.08 Å². The van der Waals surface area contributed by atoms with E-state index in [0.29, 0.717) is 0 Å². The zero-order valence-corrected chi connectivity index (χ0v) is 6.46. The van der Waals surface area contributed by atoms with Crippen LogP contribution in [-0.4, -0.2) is 12.1 Å². The molecule has 0 radical (unpaired) electrons. The molecule has 0 fully saturated rings. The Hall–Kier alpha value is -1.23. The van der Waals surface area contributed by atoms with Crippen LogP contribution < -0.4 is 0 Å². The lowest BCUT2D eigenvalue weighted by Gasteiger charge is -1.96. The summed E-state index contributed by atoms with van der Waals surface area (Å²) >= 11 is 0. The van der Waals surface area contributed by atoms with E-state index in [1.807, 2.05) is 0 Å². The number of carbonyl (C=O) groups excluding carboxylic acids is 1. The molecule has 1 rings (SSSR count). The van der Waals surface area contributed by atoms with Crippen LogP contribution in [0.2, 0.25) is 0 Å². The molecule has 1 aliphatic heterocycles. The second kappa shape index (κ2) is 3.82. The summed E-state index contributed by atoms with van der Waals surface area (Å²) < 4.78 is 4.78. The van der Waals surface area contributed by atoms with Crippen LogP contribution in [0.4, 0.5) is 0 Å². The smallest absolute Gasteiger partial charge is 0.332 e. The lowest BCUT2D eigenvalue weighted by Crippen LogP contribution is -2.03. The maximum Gasteiger partial charge on any atom is 0.332 e. The third kappa shape index (κ3) is 2.46. The average Bonchev–Trinajstić information content (AvgIpc) is 2.37. The van der Waals surface area contributed by atoms with E-state index in [1.54, 1.807) is 6.08 Å². The van der Waals surface area contributed by atoms with Gasteiger partial charge in [-0.3, -0.25) is 0 Å². The Morgan fingerprint density at radius 2 is 2.55 bits per heavy atom. The quantitative estimate of drug-likeness (QED) is 0.415. The zero-order chi connectivity index (χ0) is 8.10. The molecule has 1 atom stereocenters. The van der Waals surface area contributed by atoms with Crippen LogP contribution in [0.3, 0.4) is 0 Å². The van der Waals surface area contributed by atoms with Gasteiger partial charge in [-0.2, -0.15) is 0 Å². The second-order valence-electron chi connectivity index (χ2n) is 2.29. The van der Waals surface area contributed by atoms with Gasteiger partial charge in [0.25, 0.3) is 0 Å². The Labute approximate surface area is 66.2 Å². The van der Waals surface area contributed by atoms with E-state index in [-0.39, 0.29) is 12.1 Å². The Morgan fingerprint density at radius 1 is 1.73 bits per heavy atom. The SMILES string of the molecule is CCCC#CC1C=CC(=O)O1. The fraction of sp³-hybridized carbons (Fsp3) is 0.444. The summed E-state index contributed by atoms with van der Waals surface area (Å²) in [7, 11) is 0. The molecule has 58 valence electrons. The second-order valence-corrected chi connectivity index (χ2v) is 2.29. The summed E-state index contributed by atoms with van der Waals surface area (Å²) in [5, 5.41) is 0. The third-order valence-corrected chi connectivity index (χ3v) is 1.27. The summed E-state index contributed by atoms with van der Waals surface area (Å²) in [6.45, 7) is 2.06. The van der Waals surface area contributed by atoms with Crippen molar-refractivity contribution in [2.45, 2.75) is 25.9 Å². The number of rotatable bonds is 1. The predicted octanol–water partition coefficient (Wildman–Crippen LogP) is 1.27. The van der Waals surface area contributed by atoms with Crippen LogP contribution in [-0.2, 0) is 9.53 Å². The Morgan fingerprint density at radius 3 is 3.09 bits per heavy atom. The van der Waals surface area contributed by atoms with E-state index in [9.17, 15) is 4.79 Å². The van der Waals surface area contributed by atoms with E-state index >= 15 is 0 Å². The highest BCUT2D eigenvalue weighted by Crippen LogP contribution is 2.02. The first kappa shape index (κ1) is 7.87. The van der Waals surface area contributed by atoms with Gasteiger partial charge in [-0.15, -0.1) is 0 Å². The molecule has 0 aromatic heterocycles. The van der Waals surface area contributed by atoms with Crippen LogP contribution in [0.5, 0.6) is 0 Å². The molecule has 2 nitrogen and oxygen atoms in total. The predicted molar refractivity (Wildman–Crippen MR) is 41.7 cm³/mol. The lowest BCUT2D eigenvalue weighted by atomic mass is 10.3. The third-order valence-electron chi connectivity index (χ3n) is 1.27. The molecule has 11 heavy (non-hydrogen) atoms. The normalized spacial score (nSPS) is 20.8. The van der Waals surface area contributed by atoms with Crippen LogP contribution >= 0.6 is 0 Å². The van der Waals surface area contributed by atoms with Gasteiger partial charge >= 0.3 is 5.97 Å². The number of ether oxygens (including phenoxy) is 1. The Balaban J connectivity index is 2.36. The molecular weight excluding hydrogens is 140 g/mol. The van der Waals surface area contributed by atoms with Crippen molar-refractivity contribution in [1.82, 2.24) is 0 Å². The number of cyclic esters (lactones) is 1. The van der Waals surface area contributed by atoms with Gasteiger partial charge in [0.15, 0.2) is 6.10 Å². The van der Waals surface area contributed by atoms with Gasteiger partial charge < -0.3 is 4.74 Å². The van der Waals surface area contributed by atoms with Crippen molar-refractivity contribution in [2.75, 3.05) is 0 Å². The first-order chi connectivity index (χ1) is 5.33. The average molecular weight is 150 g/mol. The molecule has 0 aromatic carbocycles. The summed E-state index contributed by atoms with van der Waals surface area (Å²) in [6, 6.07) is 0. The van der Waals surface area contributed by atoms with Crippen molar-refractivity contribution in [3.8, 4) is 11.8 Å². The van der Waals surface area contributed by atoms with Crippen LogP contribution in [0.1, 0.15) is 19.8 Å². The Bertz CT molecular complexity index is 230. The monoisotopic (exact) mass is 150 g/mol. The summed E-state index contributed by atoms with van der Waals surface area (Å²) in [4.78, 5) is 10.5. The van der Waals surface area contributed by atoms with Crippen molar-refractivity contribution in [3.05, 3.63) is 12.2 Å². The Kier molecular flexibility index (Phi) is 2.74. The molecule has 0 saturated carbocycles. The van der Waals surface area contributed by atoms with Gasteiger partial charge in [0.05, 0.1) is 0 Å². The highest BCUT2D eigenvalue weighted by Gasteiger charge is 2.12. The molecule has 0 bridgehead atoms. The highest BCUT2D eigenvalue weighted by molar-refractivity contribution is 5.84. The number of carbonyl (C=O) groups is 1. The van der Waals surface area contributed by atoms with E-state index in [0.717, 1.165) is 12.8 Å². The summed E-state index contributed by atoms with van der Waals surface area (Å²) in [6.07, 6.45) is 4.68. The summed E-state index contributed by atoms with van der Waals surface area (Å²) in [5.41, 5.74) is 0. The molecule has 0 aliphatic carbocycles. The minimum atomic E-state index is -0.297. The van der Waals surface area contributed by atoms with Gasteiger partial charge in [0, 0.05) is 12.5 Å². The van der Waals surface area contributed by atoms with E-state index in [4.69, 9.17) is 4.74 Å². The van der Waals surface area contributed by atoms with Crippen molar-refractivity contribution < 1.29 is 9.53 Å².